The van der Waals surface area contributed by atoms with Crippen LogP contribution in [0.25, 0.3) is 0 Å². The first kappa shape index (κ1) is 22.5. The molecule has 145 valence electrons. The smallest absolute Gasteiger partial charge is 0.482 e. The van der Waals surface area contributed by atoms with E-state index < -0.39 is 5.60 Å². The number of hydrogen-bond donors (Lipinski definition) is 3. The highest BCUT2D eigenvalue weighted by molar-refractivity contribution is 6.13. The van der Waals surface area contributed by atoms with Gasteiger partial charge >= 0.3 is 13.7 Å². The van der Waals surface area contributed by atoms with E-state index in [2.05, 4.69) is 11.4 Å². The second-order valence-corrected chi connectivity index (χ2v) is 7.39. The number of para-hydroxylation sites is 1. The Labute approximate surface area is 157 Å². The van der Waals surface area contributed by atoms with Gasteiger partial charge in [-0.1, -0.05) is 18.2 Å². The molecule has 1 fully saturated rings. The minimum Gasteiger partial charge on any atom is -0.496 e. The Morgan fingerprint density at radius 2 is 1.77 bits per heavy atom. The molecule has 0 amide bonds. The molecule has 0 spiro atoms. The molecule has 0 aromatic heterocycles. The van der Waals surface area contributed by atoms with Gasteiger partial charge in [0.15, 0.2) is 0 Å². The van der Waals surface area contributed by atoms with Crippen LogP contribution < -0.4 is 10.1 Å². The molecule has 7 heteroatoms. The normalized spacial score (nSPS) is 19.8. The maximum absolute atomic E-state index is 12.1. The number of ether oxygens (including phenoxy) is 2. The SMILES string of the molecule is COc1ccccc1CNC1CCC(C(=O)OC(C)(C)C)CC1.O[B]O. The molecule has 6 nitrogen and oxygen atoms in total. The topological polar surface area (TPSA) is 88.0 Å². The summed E-state index contributed by atoms with van der Waals surface area (Å²) in [5, 5.41) is 17.6. The van der Waals surface area contributed by atoms with Crippen LogP contribution in [0.15, 0.2) is 24.3 Å². The minimum absolute atomic E-state index is 0. The van der Waals surface area contributed by atoms with Crippen molar-refractivity contribution in [1.29, 1.82) is 0 Å². The summed E-state index contributed by atoms with van der Waals surface area (Å²) in [6.07, 6.45) is 3.83. The van der Waals surface area contributed by atoms with Crippen LogP contribution in [-0.4, -0.2) is 42.5 Å². The Hall–Kier alpha value is -1.57. The van der Waals surface area contributed by atoms with E-state index in [0.29, 0.717) is 6.04 Å². The molecule has 1 aliphatic rings. The maximum Gasteiger partial charge on any atom is 0.482 e. The summed E-state index contributed by atoms with van der Waals surface area (Å²) in [5.74, 6) is 0.932. The van der Waals surface area contributed by atoms with Crippen molar-refractivity contribution in [3.8, 4) is 5.75 Å². The number of carbonyl (C=O) groups is 1. The molecular formula is C19H31BNO5. The van der Waals surface area contributed by atoms with E-state index >= 15 is 0 Å². The molecular weight excluding hydrogens is 333 g/mol. The number of esters is 1. The first-order chi connectivity index (χ1) is 12.3. The van der Waals surface area contributed by atoms with Crippen molar-refractivity contribution >= 4 is 13.7 Å². The van der Waals surface area contributed by atoms with E-state index in [1.165, 1.54) is 5.56 Å². The molecule has 1 aromatic rings. The Morgan fingerprint density at radius 1 is 1.19 bits per heavy atom. The average Bonchev–Trinajstić information content (AvgIpc) is 2.60. The number of hydrogen-bond acceptors (Lipinski definition) is 6. The Bertz CT molecular complexity index is 539. The second-order valence-electron chi connectivity index (χ2n) is 7.39. The molecule has 26 heavy (non-hydrogen) atoms. The van der Waals surface area contributed by atoms with Crippen LogP contribution in [0.3, 0.4) is 0 Å². The lowest BCUT2D eigenvalue weighted by atomic mass is 9.86. The third-order valence-electron chi connectivity index (χ3n) is 4.24. The quantitative estimate of drug-likeness (QED) is 0.548. The van der Waals surface area contributed by atoms with Gasteiger partial charge < -0.3 is 24.8 Å². The van der Waals surface area contributed by atoms with E-state index in [1.807, 2.05) is 39.0 Å². The molecule has 0 bridgehead atoms. The molecule has 0 aliphatic heterocycles. The third-order valence-corrected chi connectivity index (χ3v) is 4.24. The summed E-state index contributed by atoms with van der Waals surface area (Å²) >= 11 is 0. The zero-order valence-electron chi connectivity index (χ0n) is 16.2. The first-order valence-corrected chi connectivity index (χ1v) is 8.99. The number of carbonyl (C=O) groups excluding carboxylic acids is 1. The minimum atomic E-state index is -0.393. The van der Waals surface area contributed by atoms with Gasteiger partial charge in [-0.2, -0.15) is 0 Å². The molecule has 1 saturated carbocycles. The van der Waals surface area contributed by atoms with Crippen LogP contribution in [-0.2, 0) is 16.1 Å². The van der Waals surface area contributed by atoms with Gasteiger partial charge in [0.2, 0.25) is 0 Å². The van der Waals surface area contributed by atoms with Crippen molar-refractivity contribution in [2.75, 3.05) is 7.11 Å². The van der Waals surface area contributed by atoms with Gasteiger partial charge in [-0.3, -0.25) is 4.79 Å². The number of benzene rings is 1. The molecule has 1 aromatic carbocycles. The van der Waals surface area contributed by atoms with Crippen molar-refractivity contribution in [3.05, 3.63) is 29.8 Å². The Morgan fingerprint density at radius 3 is 2.31 bits per heavy atom. The van der Waals surface area contributed by atoms with Gasteiger partial charge in [0.1, 0.15) is 11.4 Å². The van der Waals surface area contributed by atoms with Gasteiger partial charge in [0.25, 0.3) is 0 Å². The standard InChI is InChI=1S/C19H29NO3.BH2O2/c1-19(2,3)23-18(21)14-9-11-16(12-10-14)20-13-15-7-5-6-8-17(15)22-4;2-1-3/h5-8,14,16,20H,9-13H2,1-4H3;2-3H. The van der Waals surface area contributed by atoms with Gasteiger partial charge in [0.05, 0.1) is 13.0 Å². The highest BCUT2D eigenvalue weighted by Gasteiger charge is 2.29. The molecule has 0 unspecified atom stereocenters. The van der Waals surface area contributed by atoms with Crippen LogP contribution in [0, 0.1) is 5.92 Å². The van der Waals surface area contributed by atoms with Crippen LogP contribution in [0.1, 0.15) is 52.0 Å². The van der Waals surface area contributed by atoms with Crippen molar-refractivity contribution in [3.63, 3.8) is 0 Å². The lowest BCUT2D eigenvalue weighted by Crippen LogP contribution is -2.36. The summed E-state index contributed by atoms with van der Waals surface area (Å²) in [4.78, 5) is 12.1. The van der Waals surface area contributed by atoms with Crippen molar-refractivity contribution in [1.82, 2.24) is 5.32 Å². The van der Waals surface area contributed by atoms with Crippen LogP contribution >= 0.6 is 0 Å². The largest absolute Gasteiger partial charge is 0.496 e. The average molecular weight is 364 g/mol. The molecule has 1 radical (unpaired) electrons. The molecule has 0 saturated heterocycles. The maximum atomic E-state index is 12.1. The monoisotopic (exact) mass is 364 g/mol. The highest BCUT2D eigenvalue weighted by atomic mass is 16.6. The molecule has 0 atom stereocenters. The van der Waals surface area contributed by atoms with Crippen molar-refractivity contribution in [2.45, 2.75) is 64.6 Å². The fourth-order valence-electron chi connectivity index (χ4n) is 3.02. The summed E-state index contributed by atoms with van der Waals surface area (Å²) in [6, 6.07) is 8.53. The van der Waals surface area contributed by atoms with Gasteiger partial charge in [0, 0.05) is 18.2 Å². The Balaban J connectivity index is 0.00000105. The molecule has 3 N–H and O–H groups in total. The highest BCUT2D eigenvalue weighted by Crippen LogP contribution is 2.27. The van der Waals surface area contributed by atoms with Crippen LogP contribution in [0.4, 0.5) is 0 Å². The fraction of sp³-hybridized carbons (Fsp3) is 0.632. The molecule has 2 rings (SSSR count). The van der Waals surface area contributed by atoms with Gasteiger partial charge in [-0.15, -0.1) is 0 Å². The predicted molar refractivity (Wildman–Crippen MR) is 102 cm³/mol. The second kappa shape index (κ2) is 11.2. The van der Waals surface area contributed by atoms with E-state index in [0.717, 1.165) is 38.0 Å². The summed E-state index contributed by atoms with van der Waals surface area (Å²) in [5.41, 5.74) is 0.778. The Kier molecular flexibility index (Phi) is 9.69. The predicted octanol–water partition coefficient (Wildman–Crippen LogP) is 2.19. The number of rotatable bonds is 5. The summed E-state index contributed by atoms with van der Waals surface area (Å²) in [7, 11) is 1.70. The van der Waals surface area contributed by atoms with E-state index in [1.54, 1.807) is 7.11 Å². The zero-order chi connectivity index (χ0) is 19.6. The number of methoxy groups -OCH3 is 1. The molecule has 0 heterocycles. The van der Waals surface area contributed by atoms with Crippen molar-refractivity contribution in [2.24, 2.45) is 5.92 Å². The lowest BCUT2D eigenvalue weighted by molar-refractivity contribution is -0.161. The van der Waals surface area contributed by atoms with Crippen LogP contribution in [0.5, 0.6) is 5.75 Å². The first-order valence-electron chi connectivity index (χ1n) is 8.99. The third kappa shape index (κ3) is 8.21. The fourth-order valence-corrected chi connectivity index (χ4v) is 3.02. The number of nitrogens with one attached hydrogen (secondary N) is 1. The zero-order valence-corrected chi connectivity index (χ0v) is 16.2. The van der Waals surface area contributed by atoms with E-state index in [9.17, 15) is 4.79 Å². The van der Waals surface area contributed by atoms with Crippen LogP contribution in [0.2, 0.25) is 0 Å². The lowest BCUT2D eigenvalue weighted by Gasteiger charge is -2.30. The van der Waals surface area contributed by atoms with Gasteiger partial charge in [-0.25, -0.2) is 0 Å². The van der Waals surface area contributed by atoms with Gasteiger partial charge in [-0.05, 0) is 52.5 Å². The summed E-state index contributed by atoms with van der Waals surface area (Å²) in [6.45, 7) is 6.56. The van der Waals surface area contributed by atoms with E-state index in [-0.39, 0.29) is 19.6 Å². The van der Waals surface area contributed by atoms with Crippen molar-refractivity contribution < 1.29 is 24.3 Å². The summed E-state index contributed by atoms with van der Waals surface area (Å²) < 4.78 is 10.9. The van der Waals surface area contributed by atoms with E-state index in [4.69, 9.17) is 19.5 Å². The molecule has 1 aliphatic carbocycles.